The monoisotopic (exact) mass is 358 g/mol. The van der Waals surface area contributed by atoms with E-state index in [0.717, 1.165) is 12.8 Å². The van der Waals surface area contributed by atoms with Gasteiger partial charge in [-0.3, -0.25) is 4.79 Å². The number of carbonyl (C=O) groups is 1. The van der Waals surface area contributed by atoms with Crippen molar-refractivity contribution in [2.24, 2.45) is 16.2 Å². The van der Waals surface area contributed by atoms with Crippen molar-refractivity contribution in [3.8, 4) is 0 Å². The van der Waals surface area contributed by atoms with Crippen molar-refractivity contribution in [3.05, 3.63) is 0 Å². The molecular formula is C21H42O4. The average Bonchev–Trinajstić information content (AvgIpc) is 2.88. The number of carbonyl (C=O) groups excluding carboxylic acids is 1. The molecule has 0 radical (unpaired) electrons. The molecule has 4 nitrogen and oxygen atoms in total. The summed E-state index contributed by atoms with van der Waals surface area (Å²) >= 11 is 0. The number of esters is 1. The van der Waals surface area contributed by atoms with Crippen LogP contribution in [0.5, 0.6) is 0 Å². The van der Waals surface area contributed by atoms with Crippen molar-refractivity contribution in [2.45, 2.75) is 100 Å². The Labute approximate surface area is 156 Å². The molecule has 0 amide bonds. The summed E-state index contributed by atoms with van der Waals surface area (Å²) in [7, 11) is 1.65. The zero-order chi connectivity index (χ0) is 20.1. The summed E-state index contributed by atoms with van der Waals surface area (Å²) in [4.78, 5) is 13.1. The summed E-state index contributed by atoms with van der Waals surface area (Å²) in [5.74, 6) is -0.146. The van der Waals surface area contributed by atoms with E-state index in [1.54, 1.807) is 7.11 Å². The molecule has 0 saturated carbocycles. The second-order valence-corrected chi connectivity index (χ2v) is 9.24. The fraction of sp³-hybridized carbons (Fsp3) is 0.952. The molecule has 1 fully saturated rings. The standard InChI is InChI=1S/C19H36O4.C2H6/c1-10-13-15(21-9)14(11-22-13)23-16(20)19(8,18(5,6)7)12-17(2,3)4;1-2/h13-15H,10-12H2,1-9H3;1-2H3/t13-,14?,15?,19?;/m1./s1. The Bertz CT molecular complexity index is 405. The maximum Gasteiger partial charge on any atom is 0.312 e. The lowest BCUT2D eigenvalue weighted by atomic mass is 9.61. The highest BCUT2D eigenvalue weighted by Crippen LogP contribution is 2.47. The molecule has 0 spiro atoms. The Morgan fingerprint density at radius 1 is 1.08 bits per heavy atom. The van der Waals surface area contributed by atoms with Crippen LogP contribution in [0.25, 0.3) is 0 Å². The minimum absolute atomic E-state index is 0.00121. The number of hydrogen-bond acceptors (Lipinski definition) is 4. The van der Waals surface area contributed by atoms with Crippen LogP contribution < -0.4 is 0 Å². The third-order valence-electron chi connectivity index (χ3n) is 5.13. The molecule has 1 aliphatic rings. The molecule has 1 aliphatic heterocycles. The second-order valence-electron chi connectivity index (χ2n) is 9.24. The van der Waals surface area contributed by atoms with Crippen molar-refractivity contribution in [1.29, 1.82) is 0 Å². The van der Waals surface area contributed by atoms with Crippen molar-refractivity contribution in [3.63, 3.8) is 0 Å². The van der Waals surface area contributed by atoms with Gasteiger partial charge in [0, 0.05) is 7.11 Å². The summed E-state index contributed by atoms with van der Waals surface area (Å²) in [6, 6.07) is 0. The Balaban J connectivity index is 0.00000277. The summed E-state index contributed by atoms with van der Waals surface area (Å²) in [5.41, 5.74) is -0.711. The molecule has 4 heteroatoms. The lowest BCUT2D eigenvalue weighted by Gasteiger charge is -2.44. The number of methoxy groups -OCH3 is 1. The molecule has 4 atom stereocenters. The van der Waals surface area contributed by atoms with Crippen LogP contribution in [0.15, 0.2) is 0 Å². The van der Waals surface area contributed by atoms with Crippen LogP contribution in [-0.2, 0) is 19.0 Å². The minimum atomic E-state index is -0.562. The number of rotatable bonds is 5. The Morgan fingerprint density at radius 3 is 1.96 bits per heavy atom. The predicted molar refractivity (Wildman–Crippen MR) is 104 cm³/mol. The molecule has 1 heterocycles. The molecule has 0 aliphatic carbocycles. The van der Waals surface area contributed by atoms with Crippen molar-refractivity contribution in [2.75, 3.05) is 13.7 Å². The molecule has 1 rings (SSSR count). The van der Waals surface area contributed by atoms with E-state index < -0.39 is 5.41 Å². The van der Waals surface area contributed by atoms with Gasteiger partial charge in [0.15, 0.2) is 6.10 Å². The van der Waals surface area contributed by atoms with Crippen LogP contribution in [0.2, 0.25) is 0 Å². The van der Waals surface area contributed by atoms with Crippen LogP contribution in [0.4, 0.5) is 0 Å². The van der Waals surface area contributed by atoms with Gasteiger partial charge < -0.3 is 14.2 Å². The van der Waals surface area contributed by atoms with Crippen molar-refractivity contribution >= 4 is 5.97 Å². The van der Waals surface area contributed by atoms with Gasteiger partial charge in [0.1, 0.15) is 6.10 Å². The Morgan fingerprint density at radius 2 is 1.60 bits per heavy atom. The van der Waals surface area contributed by atoms with E-state index in [9.17, 15) is 4.79 Å². The molecule has 0 bridgehead atoms. The van der Waals surface area contributed by atoms with Gasteiger partial charge in [-0.05, 0) is 30.6 Å². The molecular weight excluding hydrogens is 316 g/mol. The highest BCUT2D eigenvalue weighted by molar-refractivity contribution is 5.77. The fourth-order valence-electron chi connectivity index (χ4n) is 3.37. The highest BCUT2D eigenvalue weighted by Gasteiger charge is 2.50. The van der Waals surface area contributed by atoms with Gasteiger partial charge in [-0.25, -0.2) is 0 Å². The molecule has 3 unspecified atom stereocenters. The molecule has 1 saturated heterocycles. The van der Waals surface area contributed by atoms with Gasteiger partial charge in [0.25, 0.3) is 0 Å². The molecule has 0 N–H and O–H groups in total. The summed E-state index contributed by atoms with van der Waals surface area (Å²) < 4.78 is 17.1. The second kappa shape index (κ2) is 9.36. The SMILES string of the molecule is CC.CC[C@H]1OCC(OC(=O)C(C)(CC(C)(C)C)C(C)(C)C)C1OC. The van der Waals surface area contributed by atoms with Gasteiger partial charge in [-0.1, -0.05) is 62.3 Å². The van der Waals surface area contributed by atoms with E-state index in [2.05, 4.69) is 48.5 Å². The van der Waals surface area contributed by atoms with Crippen LogP contribution in [-0.4, -0.2) is 38.0 Å². The van der Waals surface area contributed by atoms with Gasteiger partial charge in [-0.15, -0.1) is 0 Å². The summed E-state index contributed by atoms with van der Waals surface area (Å²) in [6.45, 7) is 21.3. The zero-order valence-corrected chi connectivity index (χ0v) is 18.5. The first kappa shape index (κ1) is 24.4. The van der Waals surface area contributed by atoms with Crippen LogP contribution >= 0.6 is 0 Å². The van der Waals surface area contributed by atoms with E-state index in [-0.39, 0.29) is 35.1 Å². The predicted octanol–water partition coefficient (Wildman–Crippen LogP) is 5.24. The fourth-order valence-corrected chi connectivity index (χ4v) is 3.37. The van der Waals surface area contributed by atoms with Crippen LogP contribution in [0.1, 0.15) is 82.1 Å². The number of hydrogen-bond donors (Lipinski definition) is 0. The zero-order valence-electron chi connectivity index (χ0n) is 18.5. The maximum absolute atomic E-state index is 13.1. The lowest BCUT2D eigenvalue weighted by Crippen LogP contribution is -2.47. The van der Waals surface area contributed by atoms with E-state index in [0.29, 0.717) is 6.61 Å². The quantitative estimate of drug-likeness (QED) is 0.631. The largest absolute Gasteiger partial charge is 0.457 e. The first-order chi connectivity index (χ1) is 11.4. The third kappa shape index (κ3) is 6.25. The van der Waals surface area contributed by atoms with E-state index >= 15 is 0 Å². The topological polar surface area (TPSA) is 44.8 Å². The third-order valence-corrected chi connectivity index (χ3v) is 5.13. The summed E-state index contributed by atoms with van der Waals surface area (Å²) in [6.07, 6.45) is 1.12. The van der Waals surface area contributed by atoms with Crippen molar-refractivity contribution < 1.29 is 19.0 Å². The molecule has 0 aromatic carbocycles. The van der Waals surface area contributed by atoms with Gasteiger partial charge >= 0.3 is 5.97 Å². The van der Waals surface area contributed by atoms with Crippen LogP contribution in [0, 0.1) is 16.2 Å². The first-order valence-electron chi connectivity index (χ1n) is 9.71. The van der Waals surface area contributed by atoms with Crippen LogP contribution in [0.3, 0.4) is 0 Å². The molecule has 25 heavy (non-hydrogen) atoms. The lowest BCUT2D eigenvalue weighted by molar-refractivity contribution is -0.175. The minimum Gasteiger partial charge on any atom is -0.457 e. The van der Waals surface area contributed by atoms with Gasteiger partial charge in [0.05, 0.1) is 18.1 Å². The van der Waals surface area contributed by atoms with Gasteiger partial charge in [-0.2, -0.15) is 0 Å². The van der Waals surface area contributed by atoms with Gasteiger partial charge in [0.2, 0.25) is 0 Å². The van der Waals surface area contributed by atoms with E-state index in [1.807, 2.05) is 20.8 Å². The highest BCUT2D eigenvalue weighted by atomic mass is 16.6. The maximum atomic E-state index is 13.1. The molecule has 0 aromatic heterocycles. The average molecular weight is 359 g/mol. The molecule has 0 aromatic rings. The molecule has 150 valence electrons. The van der Waals surface area contributed by atoms with Crippen molar-refractivity contribution in [1.82, 2.24) is 0 Å². The Kier molecular flexibility index (Phi) is 9.13. The Hall–Kier alpha value is -0.610. The smallest absolute Gasteiger partial charge is 0.312 e. The number of ether oxygens (including phenoxy) is 3. The van der Waals surface area contributed by atoms with E-state index in [1.165, 1.54) is 0 Å². The van der Waals surface area contributed by atoms with E-state index in [4.69, 9.17) is 14.2 Å². The normalized spacial score (nSPS) is 26.4. The first-order valence-corrected chi connectivity index (χ1v) is 9.71. The summed E-state index contributed by atoms with van der Waals surface area (Å²) in [5, 5.41) is 0.